The molecule has 1 atom stereocenters. The second-order valence-corrected chi connectivity index (χ2v) is 5.75. The average Bonchev–Trinajstić information content (AvgIpc) is 2.26. The molecule has 0 saturated heterocycles. The lowest BCUT2D eigenvalue weighted by molar-refractivity contribution is 0.0697. The second kappa shape index (κ2) is 6.27. The summed E-state index contributed by atoms with van der Waals surface area (Å²) in [7, 11) is 0. The van der Waals surface area contributed by atoms with E-state index in [-0.39, 0.29) is 0 Å². The van der Waals surface area contributed by atoms with Gasteiger partial charge < -0.3 is 10.8 Å². The third-order valence-corrected chi connectivity index (χ3v) is 4.13. The highest BCUT2D eigenvalue weighted by Crippen LogP contribution is 2.25. The van der Waals surface area contributed by atoms with E-state index in [1.807, 2.05) is 6.07 Å². The monoisotopic (exact) mass is 303 g/mol. The summed E-state index contributed by atoms with van der Waals surface area (Å²) < 4.78 is 0.837. The van der Waals surface area contributed by atoms with E-state index in [2.05, 4.69) is 22.9 Å². The Morgan fingerprint density at radius 1 is 1.62 bits per heavy atom. The van der Waals surface area contributed by atoms with Gasteiger partial charge >= 0.3 is 5.97 Å². The van der Waals surface area contributed by atoms with E-state index in [4.69, 9.17) is 10.8 Å². The summed E-state index contributed by atoms with van der Waals surface area (Å²) in [5.74, 6) is -0.0750. The number of aromatic carboxylic acids is 1. The number of benzene rings is 1. The average molecular weight is 304 g/mol. The lowest BCUT2D eigenvalue weighted by atomic mass is 10.1. The Morgan fingerprint density at radius 3 is 2.81 bits per heavy atom. The first-order valence-electron chi connectivity index (χ1n) is 4.88. The number of hydrogen-bond donors (Lipinski definition) is 2. The van der Waals surface area contributed by atoms with Crippen molar-refractivity contribution in [2.75, 3.05) is 6.54 Å². The topological polar surface area (TPSA) is 63.3 Å². The Morgan fingerprint density at radius 2 is 2.31 bits per heavy atom. The lowest BCUT2D eigenvalue weighted by Gasteiger charge is -2.09. The highest BCUT2D eigenvalue weighted by atomic mass is 79.9. The van der Waals surface area contributed by atoms with Gasteiger partial charge in [-0.1, -0.05) is 28.9 Å². The van der Waals surface area contributed by atoms with E-state index in [0.29, 0.717) is 17.4 Å². The third-order valence-electron chi connectivity index (χ3n) is 2.16. The fourth-order valence-electron chi connectivity index (χ4n) is 1.10. The van der Waals surface area contributed by atoms with E-state index < -0.39 is 5.97 Å². The highest BCUT2D eigenvalue weighted by Gasteiger charge is 2.08. The van der Waals surface area contributed by atoms with Crippen molar-refractivity contribution in [1.29, 1.82) is 0 Å². The molecule has 0 aliphatic rings. The zero-order valence-electron chi connectivity index (χ0n) is 8.94. The van der Waals surface area contributed by atoms with Crippen LogP contribution in [0.25, 0.3) is 0 Å². The molecule has 0 heterocycles. The number of carboxylic acids is 1. The number of rotatable bonds is 5. The number of carbonyl (C=O) groups is 1. The summed E-state index contributed by atoms with van der Waals surface area (Å²) >= 11 is 5.14. The van der Waals surface area contributed by atoms with E-state index in [1.54, 1.807) is 23.9 Å². The predicted molar refractivity (Wildman–Crippen MR) is 70.9 cm³/mol. The number of hydrogen-bond acceptors (Lipinski definition) is 3. The molecule has 0 radical (unpaired) electrons. The van der Waals surface area contributed by atoms with Crippen LogP contribution in [0.1, 0.15) is 22.8 Å². The van der Waals surface area contributed by atoms with Gasteiger partial charge in [0.1, 0.15) is 0 Å². The Balaban J connectivity index is 2.72. The van der Waals surface area contributed by atoms with Crippen LogP contribution in [0.3, 0.4) is 0 Å². The third kappa shape index (κ3) is 3.81. The quantitative estimate of drug-likeness (QED) is 0.878. The Kier molecular flexibility index (Phi) is 5.31. The minimum atomic E-state index is -0.907. The van der Waals surface area contributed by atoms with Crippen LogP contribution in [0.2, 0.25) is 0 Å². The first-order chi connectivity index (χ1) is 7.54. The van der Waals surface area contributed by atoms with Crippen LogP contribution < -0.4 is 5.73 Å². The summed E-state index contributed by atoms with van der Waals surface area (Å²) in [5.41, 5.74) is 6.92. The van der Waals surface area contributed by atoms with Crippen molar-refractivity contribution in [3.05, 3.63) is 33.8 Å². The lowest BCUT2D eigenvalue weighted by Crippen LogP contribution is -2.12. The molecule has 0 amide bonds. The van der Waals surface area contributed by atoms with Crippen LogP contribution in [-0.4, -0.2) is 22.9 Å². The van der Waals surface area contributed by atoms with Gasteiger partial charge in [-0.15, -0.1) is 0 Å². The number of thioether (sulfide) groups is 1. The molecule has 88 valence electrons. The van der Waals surface area contributed by atoms with Gasteiger partial charge in [0.2, 0.25) is 0 Å². The maximum Gasteiger partial charge on any atom is 0.335 e. The van der Waals surface area contributed by atoms with E-state index in [0.717, 1.165) is 15.8 Å². The molecule has 0 aliphatic heterocycles. The number of halogens is 1. The molecule has 3 nitrogen and oxygen atoms in total. The molecule has 0 aliphatic carbocycles. The summed E-state index contributed by atoms with van der Waals surface area (Å²) in [5, 5.41) is 9.22. The van der Waals surface area contributed by atoms with Crippen molar-refractivity contribution in [2.24, 2.45) is 5.73 Å². The van der Waals surface area contributed by atoms with E-state index in [1.165, 1.54) is 0 Å². The van der Waals surface area contributed by atoms with Crippen molar-refractivity contribution < 1.29 is 9.90 Å². The van der Waals surface area contributed by atoms with Gasteiger partial charge in [-0.2, -0.15) is 11.8 Å². The molecule has 0 saturated carbocycles. The van der Waals surface area contributed by atoms with E-state index >= 15 is 0 Å². The van der Waals surface area contributed by atoms with Crippen LogP contribution in [-0.2, 0) is 5.75 Å². The smallest absolute Gasteiger partial charge is 0.335 e. The molecule has 0 spiro atoms. The Bertz CT molecular complexity index is 384. The molecule has 0 fully saturated rings. The minimum Gasteiger partial charge on any atom is -0.478 e. The van der Waals surface area contributed by atoms with Gasteiger partial charge in [0.05, 0.1) is 5.56 Å². The first-order valence-corrected chi connectivity index (χ1v) is 6.72. The van der Waals surface area contributed by atoms with Crippen LogP contribution in [0.5, 0.6) is 0 Å². The largest absolute Gasteiger partial charge is 0.478 e. The zero-order valence-corrected chi connectivity index (χ0v) is 11.3. The fourth-order valence-corrected chi connectivity index (χ4v) is 2.65. The molecule has 16 heavy (non-hydrogen) atoms. The molecule has 1 aromatic rings. The number of carboxylic acid groups (broad SMARTS) is 1. The van der Waals surface area contributed by atoms with Gasteiger partial charge in [-0.3, -0.25) is 0 Å². The van der Waals surface area contributed by atoms with Gasteiger partial charge in [-0.25, -0.2) is 4.79 Å². The standard InChI is InChI=1S/C11H14BrNO2S/c1-7(5-13)16-6-9-3-2-8(11(14)15)4-10(9)12/h2-4,7H,5-6,13H2,1H3,(H,14,15). The second-order valence-electron chi connectivity index (χ2n) is 3.47. The highest BCUT2D eigenvalue weighted by molar-refractivity contribution is 9.10. The predicted octanol–water partition coefficient (Wildman–Crippen LogP) is 2.73. The molecule has 3 N–H and O–H groups in total. The SMILES string of the molecule is CC(CN)SCc1ccc(C(=O)O)cc1Br. The zero-order chi connectivity index (χ0) is 12.1. The van der Waals surface area contributed by atoms with Crippen LogP contribution in [0, 0.1) is 0 Å². The molecule has 1 unspecified atom stereocenters. The molecule has 1 rings (SSSR count). The normalized spacial score (nSPS) is 12.4. The fraction of sp³-hybridized carbons (Fsp3) is 0.364. The maximum atomic E-state index is 10.7. The Labute approximate surface area is 108 Å². The number of nitrogens with two attached hydrogens (primary N) is 1. The first kappa shape index (κ1) is 13.5. The van der Waals surface area contributed by atoms with Crippen molar-refractivity contribution in [1.82, 2.24) is 0 Å². The van der Waals surface area contributed by atoms with Crippen molar-refractivity contribution in [3.63, 3.8) is 0 Å². The van der Waals surface area contributed by atoms with Crippen molar-refractivity contribution in [3.8, 4) is 0 Å². The van der Waals surface area contributed by atoms with Crippen LogP contribution >= 0.6 is 27.7 Å². The molecular formula is C11H14BrNO2S. The maximum absolute atomic E-state index is 10.7. The van der Waals surface area contributed by atoms with Crippen molar-refractivity contribution in [2.45, 2.75) is 17.9 Å². The molecule has 5 heteroatoms. The molecule has 1 aromatic carbocycles. The van der Waals surface area contributed by atoms with E-state index in [9.17, 15) is 4.79 Å². The molecular weight excluding hydrogens is 290 g/mol. The summed E-state index contributed by atoms with van der Waals surface area (Å²) in [4.78, 5) is 10.7. The van der Waals surface area contributed by atoms with Crippen LogP contribution in [0.4, 0.5) is 0 Å². The summed E-state index contributed by atoms with van der Waals surface area (Å²) in [6, 6.07) is 5.09. The molecule has 0 aromatic heterocycles. The summed E-state index contributed by atoms with van der Waals surface area (Å²) in [6.07, 6.45) is 0. The van der Waals surface area contributed by atoms with Crippen molar-refractivity contribution >= 4 is 33.7 Å². The van der Waals surface area contributed by atoms with Crippen LogP contribution in [0.15, 0.2) is 22.7 Å². The minimum absolute atomic E-state index is 0.299. The molecule has 0 bridgehead atoms. The van der Waals surface area contributed by atoms with Gasteiger partial charge in [0.25, 0.3) is 0 Å². The summed E-state index contributed by atoms with van der Waals surface area (Å²) in [6.45, 7) is 2.72. The van der Waals surface area contributed by atoms with Gasteiger partial charge in [-0.05, 0) is 17.7 Å². The Hall–Kier alpha value is -0.520. The van der Waals surface area contributed by atoms with Gasteiger partial charge in [0.15, 0.2) is 0 Å². The van der Waals surface area contributed by atoms with Gasteiger partial charge in [0, 0.05) is 22.0 Å².